The van der Waals surface area contributed by atoms with E-state index in [9.17, 15) is 4.79 Å². The number of rotatable bonds is 3. The number of hydrogen-bond donors (Lipinski definition) is 1. The quantitative estimate of drug-likeness (QED) is 0.795. The van der Waals surface area contributed by atoms with Gasteiger partial charge in [0.1, 0.15) is 0 Å². The first-order chi connectivity index (χ1) is 12.6. The molecule has 26 heavy (non-hydrogen) atoms. The standard InChI is InChI=1S/C21H25ClN2OS/c1-14-12-19(26-20(14)21(25)24-10-2-3-11-24)16-4-5-17(18(22)13-16)15-6-8-23-9-7-15/h4-5,12-13,15,23H,2-3,6-11H2,1H3. The number of benzene rings is 1. The van der Waals surface area contributed by atoms with Gasteiger partial charge in [-0.1, -0.05) is 23.7 Å². The number of piperidine rings is 1. The molecular weight excluding hydrogens is 364 g/mol. The van der Waals surface area contributed by atoms with Crippen molar-refractivity contribution < 1.29 is 4.79 Å². The molecule has 1 aromatic heterocycles. The van der Waals surface area contributed by atoms with Crippen LogP contribution in [0.3, 0.4) is 0 Å². The van der Waals surface area contributed by atoms with Gasteiger partial charge in [0.2, 0.25) is 0 Å². The van der Waals surface area contributed by atoms with Crippen LogP contribution in [-0.2, 0) is 0 Å². The predicted molar refractivity (Wildman–Crippen MR) is 109 cm³/mol. The van der Waals surface area contributed by atoms with Gasteiger partial charge in [-0.2, -0.15) is 0 Å². The molecule has 0 unspecified atom stereocenters. The van der Waals surface area contributed by atoms with Crippen molar-refractivity contribution in [2.45, 2.75) is 38.5 Å². The number of likely N-dealkylation sites (tertiary alicyclic amines) is 1. The Morgan fingerprint density at radius 1 is 1.19 bits per heavy atom. The van der Waals surface area contributed by atoms with Crippen molar-refractivity contribution in [3.8, 4) is 10.4 Å². The molecule has 1 aromatic carbocycles. The van der Waals surface area contributed by atoms with Crippen LogP contribution in [-0.4, -0.2) is 37.0 Å². The Bertz CT molecular complexity index is 804. The highest BCUT2D eigenvalue weighted by Crippen LogP contribution is 2.37. The monoisotopic (exact) mass is 388 g/mol. The largest absolute Gasteiger partial charge is 0.338 e. The Kier molecular flexibility index (Phi) is 5.35. The molecule has 0 saturated carbocycles. The van der Waals surface area contributed by atoms with Crippen LogP contribution in [0.1, 0.15) is 52.4 Å². The number of carbonyl (C=O) groups excluding carboxylic acids is 1. The summed E-state index contributed by atoms with van der Waals surface area (Å²) in [5, 5.41) is 4.26. The van der Waals surface area contributed by atoms with Crippen molar-refractivity contribution >= 4 is 28.8 Å². The number of nitrogens with zero attached hydrogens (tertiary/aromatic N) is 1. The fourth-order valence-corrected chi connectivity index (χ4v) is 5.52. The minimum absolute atomic E-state index is 0.189. The maximum Gasteiger partial charge on any atom is 0.264 e. The van der Waals surface area contributed by atoms with Crippen molar-refractivity contribution in [1.29, 1.82) is 0 Å². The number of hydrogen-bond acceptors (Lipinski definition) is 3. The fraction of sp³-hybridized carbons (Fsp3) is 0.476. The van der Waals surface area contributed by atoms with Gasteiger partial charge in [0.05, 0.1) is 4.88 Å². The lowest BCUT2D eigenvalue weighted by atomic mass is 9.89. The lowest BCUT2D eigenvalue weighted by Gasteiger charge is -2.24. The van der Waals surface area contributed by atoms with Crippen molar-refractivity contribution in [1.82, 2.24) is 10.2 Å². The van der Waals surface area contributed by atoms with E-state index < -0.39 is 0 Å². The van der Waals surface area contributed by atoms with Gasteiger partial charge in [-0.3, -0.25) is 4.79 Å². The van der Waals surface area contributed by atoms with Crippen LogP contribution in [0.2, 0.25) is 5.02 Å². The molecule has 0 atom stereocenters. The van der Waals surface area contributed by atoms with E-state index in [0.29, 0.717) is 5.92 Å². The SMILES string of the molecule is Cc1cc(-c2ccc(C3CCNCC3)c(Cl)c2)sc1C(=O)N1CCCC1. The second-order valence-corrected chi connectivity index (χ2v) is 8.84. The first-order valence-corrected chi connectivity index (χ1v) is 10.7. The summed E-state index contributed by atoms with van der Waals surface area (Å²) >= 11 is 8.23. The third kappa shape index (κ3) is 3.55. The van der Waals surface area contributed by atoms with Crippen LogP contribution >= 0.6 is 22.9 Å². The summed E-state index contributed by atoms with van der Waals surface area (Å²) in [5.41, 5.74) is 3.44. The van der Waals surface area contributed by atoms with E-state index in [1.54, 1.807) is 11.3 Å². The molecule has 2 fully saturated rings. The molecular formula is C21H25ClN2OS. The number of amides is 1. The normalized spacial score (nSPS) is 18.5. The van der Waals surface area contributed by atoms with Gasteiger partial charge in [-0.15, -0.1) is 11.3 Å². The van der Waals surface area contributed by atoms with Crippen LogP contribution < -0.4 is 5.32 Å². The number of aryl methyl sites for hydroxylation is 1. The Morgan fingerprint density at radius 3 is 2.62 bits per heavy atom. The predicted octanol–water partition coefficient (Wildman–Crippen LogP) is 5.08. The van der Waals surface area contributed by atoms with Crippen molar-refractivity contribution in [2.75, 3.05) is 26.2 Å². The van der Waals surface area contributed by atoms with Crippen LogP contribution in [0, 0.1) is 6.92 Å². The number of nitrogens with one attached hydrogen (secondary N) is 1. The van der Waals surface area contributed by atoms with E-state index in [-0.39, 0.29) is 5.91 Å². The molecule has 0 aliphatic carbocycles. The molecule has 4 rings (SSSR count). The van der Waals surface area contributed by atoms with Gasteiger partial charge in [-0.25, -0.2) is 0 Å². The van der Waals surface area contributed by atoms with Crippen molar-refractivity contribution in [3.05, 3.63) is 45.3 Å². The van der Waals surface area contributed by atoms with E-state index in [2.05, 4.69) is 29.6 Å². The zero-order valence-electron chi connectivity index (χ0n) is 15.2. The Hall–Kier alpha value is -1.36. The third-order valence-electron chi connectivity index (χ3n) is 5.57. The van der Waals surface area contributed by atoms with Gasteiger partial charge in [-0.05, 0) is 80.4 Å². The van der Waals surface area contributed by atoms with Gasteiger partial charge in [0.15, 0.2) is 0 Å². The highest BCUT2D eigenvalue weighted by atomic mass is 35.5. The molecule has 0 spiro atoms. The van der Waals surface area contributed by atoms with Crippen molar-refractivity contribution in [3.63, 3.8) is 0 Å². The average Bonchev–Trinajstić information content (AvgIpc) is 3.32. The highest BCUT2D eigenvalue weighted by Gasteiger charge is 2.24. The summed E-state index contributed by atoms with van der Waals surface area (Å²) < 4.78 is 0. The van der Waals surface area contributed by atoms with Gasteiger partial charge >= 0.3 is 0 Å². The minimum atomic E-state index is 0.189. The number of carbonyl (C=O) groups is 1. The van der Waals surface area contributed by atoms with Gasteiger partial charge in [0.25, 0.3) is 5.91 Å². The zero-order valence-corrected chi connectivity index (χ0v) is 16.8. The van der Waals surface area contributed by atoms with Crippen LogP contribution in [0.25, 0.3) is 10.4 Å². The molecule has 3 nitrogen and oxygen atoms in total. The first-order valence-electron chi connectivity index (χ1n) is 9.54. The Morgan fingerprint density at radius 2 is 1.92 bits per heavy atom. The average molecular weight is 389 g/mol. The fourth-order valence-electron chi connectivity index (χ4n) is 4.04. The molecule has 2 aliphatic heterocycles. The number of halogens is 1. The van der Waals surface area contributed by atoms with Crippen LogP contribution in [0.15, 0.2) is 24.3 Å². The maximum absolute atomic E-state index is 12.7. The lowest BCUT2D eigenvalue weighted by molar-refractivity contribution is 0.0797. The minimum Gasteiger partial charge on any atom is -0.338 e. The summed E-state index contributed by atoms with van der Waals surface area (Å²) in [5.74, 6) is 0.740. The summed E-state index contributed by atoms with van der Waals surface area (Å²) in [7, 11) is 0. The van der Waals surface area contributed by atoms with Crippen LogP contribution in [0.4, 0.5) is 0 Å². The molecule has 0 bridgehead atoms. The molecule has 1 amide bonds. The maximum atomic E-state index is 12.7. The molecule has 2 aromatic rings. The Balaban J connectivity index is 1.58. The second-order valence-electron chi connectivity index (χ2n) is 7.38. The van der Waals surface area contributed by atoms with E-state index in [1.165, 1.54) is 5.56 Å². The van der Waals surface area contributed by atoms with Gasteiger partial charge in [0, 0.05) is 23.0 Å². The second kappa shape index (κ2) is 7.71. The first kappa shape index (κ1) is 18.0. The molecule has 138 valence electrons. The molecule has 3 heterocycles. The molecule has 0 radical (unpaired) electrons. The molecule has 2 saturated heterocycles. The number of thiophene rings is 1. The third-order valence-corrected chi connectivity index (χ3v) is 7.17. The molecule has 5 heteroatoms. The molecule has 2 aliphatic rings. The van der Waals surface area contributed by atoms with Gasteiger partial charge < -0.3 is 10.2 Å². The van der Waals surface area contributed by atoms with Crippen LogP contribution in [0.5, 0.6) is 0 Å². The summed E-state index contributed by atoms with van der Waals surface area (Å²) in [6.45, 7) is 5.95. The topological polar surface area (TPSA) is 32.3 Å². The van der Waals surface area contributed by atoms with E-state index in [0.717, 1.165) is 77.8 Å². The molecule has 1 N–H and O–H groups in total. The highest BCUT2D eigenvalue weighted by molar-refractivity contribution is 7.17. The Labute approximate surface area is 164 Å². The van der Waals surface area contributed by atoms with E-state index in [1.807, 2.05) is 11.8 Å². The smallest absolute Gasteiger partial charge is 0.264 e. The summed E-state index contributed by atoms with van der Waals surface area (Å²) in [6, 6.07) is 8.56. The summed E-state index contributed by atoms with van der Waals surface area (Å²) in [4.78, 5) is 16.7. The lowest BCUT2D eigenvalue weighted by Crippen LogP contribution is -2.27. The zero-order chi connectivity index (χ0) is 18.1. The van der Waals surface area contributed by atoms with Crippen molar-refractivity contribution in [2.24, 2.45) is 0 Å². The summed E-state index contributed by atoms with van der Waals surface area (Å²) in [6.07, 6.45) is 4.53. The van der Waals surface area contributed by atoms with E-state index >= 15 is 0 Å². The van der Waals surface area contributed by atoms with E-state index in [4.69, 9.17) is 11.6 Å².